The number of hydrogen-bond acceptors (Lipinski definition) is 10. The average Bonchev–Trinajstić information content (AvgIpc) is 1.57. The molecule has 2 aliphatic carbocycles. The number of halogens is 1. The fourth-order valence-electron chi connectivity index (χ4n) is 13.0. The topological polar surface area (TPSA) is 122 Å². The second-order valence-electron chi connectivity index (χ2n) is 25.3. The van der Waals surface area contributed by atoms with Crippen molar-refractivity contribution < 1.29 is 18.1 Å². The summed E-state index contributed by atoms with van der Waals surface area (Å²) < 4.78 is 25.8. The molecule has 0 N–H and O–H groups in total. The lowest BCUT2D eigenvalue weighted by Gasteiger charge is -2.32. The van der Waals surface area contributed by atoms with Gasteiger partial charge in [0.25, 0.3) is 0 Å². The lowest BCUT2D eigenvalue weighted by atomic mass is 9.78. The van der Waals surface area contributed by atoms with Crippen molar-refractivity contribution >= 4 is 68.1 Å². The molecular weight excluding hydrogens is 1130 g/mol. The molecule has 5 heterocycles. The molecule has 10 nitrogen and oxygen atoms in total. The molecule has 12 heteroatoms. The van der Waals surface area contributed by atoms with Crippen molar-refractivity contribution in [3.05, 3.63) is 258 Å². The Bertz CT molecular complexity index is 4980. The maximum absolute atomic E-state index is 6.65. The summed E-state index contributed by atoms with van der Waals surface area (Å²) in [7, 11) is -0.446. The number of nitrogens with zero attached hydrogens (tertiary/aromatic N) is 6. The normalized spacial score (nSPS) is 15.2. The van der Waals surface area contributed by atoms with E-state index in [1.54, 1.807) is 0 Å². The highest BCUT2D eigenvalue weighted by Gasteiger charge is 2.52. The maximum Gasteiger partial charge on any atom is 0.498 e. The Labute approximate surface area is 527 Å². The van der Waals surface area contributed by atoms with Gasteiger partial charge in [0.15, 0.2) is 29.1 Å². The SMILES string of the molecule is CC1(C)c2ccccc2-c2cc3c(cc21)oc1c(-c2nc(-c4ccccc4)nc(-c4ccccc4)n2)cccc13.CC1(C)c2ccccc2-c2cc3c(cc21)oc1c(B2OC(C)(C)C(C)(C)O2)cccc13.Clc1nc(-c2ccccc2)nc(-c2ccccc2)n1. The van der Waals surface area contributed by atoms with E-state index in [9.17, 15) is 0 Å². The van der Waals surface area contributed by atoms with Gasteiger partial charge >= 0.3 is 7.12 Å². The first-order valence-electron chi connectivity index (χ1n) is 30.5. The highest BCUT2D eigenvalue weighted by molar-refractivity contribution is 6.65. The molecule has 4 aromatic heterocycles. The lowest BCUT2D eigenvalue weighted by molar-refractivity contribution is 0.00578. The van der Waals surface area contributed by atoms with E-state index in [4.69, 9.17) is 44.7 Å². The van der Waals surface area contributed by atoms with Gasteiger partial charge in [-0.3, -0.25) is 0 Å². The largest absolute Gasteiger partial charge is 0.498 e. The van der Waals surface area contributed by atoms with Crippen LogP contribution in [0.4, 0.5) is 0 Å². The van der Waals surface area contributed by atoms with Crippen molar-refractivity contribution in [2.75, 3.05) is 0 Å². The molecule has 14 aromatic rings. The molecule has 1 saturated heterocycles. The lowest BCUT2D eigenvalue weighted by Crippen LogP contribution is -2.41. The van der Waals surface area contributed by atoms with Gasteiger partial charge in [0.2, 0.25) is 5.28 Å². The first kappa shape index (κ1) is 56.6. The van der Waals surface area contributed by atoms with E-state index in [1.807, 2.05) is 127 Å². The molecule has 1 aliphatic heterocycles. The monoisotopic (exact) mass is 1190 g/mol. The minimum atomic E-state index is -0.446. The van der Waals surface area contributed by atoms with Crippen LogP contribution in [0.2, 0.25) is 5.28 Å². The zero-order valence-electron chi connectivity index (χ0n) is 51.2. The zero-order valence-corrected chi connectivity index (χ0v) is 52.0. The maximum atomic E-state index is 6.65. The summed E-state index contributed by atoms with van der Waals surface area (Å²) in [6.45, 7) is 17.5. The number of benzene rings is 10. The molecule has 3 aliphatic rings. The highest BCUT2D eigenvalue weighted by atomic mass is 35.5. The molecule has 0 saturated carbocycles. The van der Waals surface area contributed by atoms with E-state index in [-0.39, 0.29) is 27.3 Å². The Balaban J connectivity index is 0.000000120. The van der Waals surface area contributed by atoms with Gasteiger partial charge in [0.05, 0.1) is 16.8 Å². The number of furan rings is 2. The van der Waals surface area contributed by atoms with Gasteiger partial charge in [-0.1, -0.05) is 228 Å². The van der Waals surface area contributed by atoms with Crippen LogP contribution in [0.1, 0.15) is 77.6 Å². The molecule has 90 heavy (non-hydrogen) atoms. The summed E-state index contributed by atoms with van der Waals surface area (Å²) in [6, 6.07) is 78.5. The second-order valence-corrected chi connectivity index (χ2v) is 25.7. The molecule has 0 bridgehead atoms. The van der Waals surface area contributed by atoms with Crippen molar-refractivity contribution in [2.24, 2.45) is 0 Å². The van der Waals surface area contributed by atoms with Crippen LogP contribution >= 0.6 is 11.6 Å². The molecule has 17 rings (SSSR count). The fourth-order valence-corrected chi connectivity index (χ4v) is 13.2. The quantitative estimate of drug-likeness (QED) is 0.149. The number of fused-ring (bicyclic) bond motifs is 12. The second kappa shape index (κ2) is 21.7. The highest BCUT2D eigenvalue weighted by Crippen LogP contribution is 2.53. The molecule has 0 unspecified atom stereocenters. The third-order valence-electron chi connectivity index (χ3n) is 18.6. The van der Waals surface area contributed by atoms with E-state index in [0.29, 0.717) is 29.1 Å². The van der Waals surface area contributed by atoms with Gasteiger partial charge in [-0.2, -0.15) is 9.97 Å². The minimum Gasteiger partial charge on any atom is -0.456 e. The summed E-state index contributed by atoms with van der Waals surface area (Å²) in [6.07, 6.45) is 0. The number of rotatable bonds is 6. The zero-order chi connectivity index (χ0) is 61.7. The van der Waals surface area contributed by atoms with Crippen LogP contribution in [0.25, 0.3) is 123 Å². The predicted octanol–water partition coefficient (Wildman–Crippen LogP) is 19.1. The standard InChI is InChI=1S/C36H25N3O.C27H27BO3.C15H10ClN3/c1-36(2)29-19-10-9-16-24(29)27-20-28-25-17-11-18-26(32(25)40-31(28)21-30(27)36)35-38-33(22-12-5-3-6-13-22)37-34(39-35)23-14-7-4-8-15-23;1-25(2)20-12-8-7-10-16(20)18-14-19-17-11-9-13-22(24(17)29-23(19)15-21(18)25)28-30-26(3,4)27(5,6)31-28;16-15-18-13(11-7-3-1-4-8-11)17-14(19-15)12-9-5-2-6-10-12/h3-21H,1-2H3;7-15H,1-6H3;1-10H. The smallest absolute Gasteiger partial charge is 0.456 e. The minimum absolute atomic E-state index is 0.0480. The predicted molar refractivity (Wildman–Crippen MR) is 364 cm³/mol. The van der Waals surface area contributed by atoms with Crippen molar-refractivity contribution in [3.63, 3.8) is 0 Å². The summed E-state index contributed by atoms with van der Waals surface area (Å²) in [5.74, 6) is 3.03. The molecular formula is C78H62BClN6O4. The Morgan fingerprint density at radius 2 is 0.667 bits per heavy atom. The van der Waals surface area contributed by atoms with Crippen LogP contribution in [0.3, 0.4) is 0 Å². The summed E-state index contributed by atoms with van der Waals surface area (Å²) >= 11 is 5.99. The van der Waals surface area contributed by atoms with Gasteiger partial charge in [-0.15, -0.1) is 0 Å². The van der Waals surface area contributed by atoms with Crippen LogP contribution < -0.4 is 5.46 Å². The van der Waals surface area contributed by atoms with Crippen molar-refractivity contribution in [3.8, 4) is 79.2 Å². The molecule has 10 aromatic carbocycles. The Kier molecular flexibility index (Phi) is 13.6. The van der Waals surface area contributed by atoms with Crippen LogP contribution in [-0.2, 0) is 20.1 Å². The fraction of sp³-hybridized carbons (Fsp3) is 0.154. The number of para-hydroxylation sites is 2. The molecule has 438 valence electrons. The van der Waals surface area contributed by atoms with Gasteiger partial charge < -0.3 is 18.1 Å². The van der Waals surface area contributed by atoms with Crippen LogP contribution in [0.15, 0.2) is 239 Å². The van der Waals surface area contributed by atoms with Crippen LogP contribution in [0.5, 0.6) is 0 Å². The number of aromatic nitrogens is 6. The van der Waals surface area contributed by atoms with Crippen LogP contribution in [-0.4, -0.2) is 48.2 Å². The molecule has 0 radical (unpaired) electrons. The Hall–Kier alpha value is -9.91. The van der Waals surface area contributed by atoms with Crippen molar-refractivity contribution in [1.82, 2.24) is 29.9 Å². The average molecular weight is 1190 g/mol. The van der Waals surface area contributed by atoms with Gasteiger partial charge in [-0.25, -0.2) is 19.9 Å². The Morgan fingerprint density at radius 1 is 0.311 bits per heavy atom. The van der Waals surface area contributed by atoms with Crippen molar-refractivity contribution in [2.45, 2.75) is 77.4 Å². The van der Waals surface area contributed by atoms with Crippen molar-refractivity contribution in [1.29, 1.82) is 0 Å². The van der Waals surface area contributed by atoms with Gasteiger partial charge in [-0.05, 0) is 114 Å². The third-order valence-corrected chi connectivity index (χ3v) is 18.7. The van der Waals surface area contributed by atoms with Gasteiger partial charge in [0, 0.05) is 60.1 Å². The van der Waals surface area contributed by atoms with E-state index in [2.05, 4.69) is 173 Å². The van der Waals surface area contributed by atoms with E-state index >= 15 is 0 Å². The first-order chi connectivity index (χ1) is 43.5. The first-order valence-corrected chi connectivity index (χ1v) is 30.8. The molecule has 0 amide bonds. The summed E-state index contributed by atoms with van der Waals surface area (Å²) in [5, 5.41) is 4.60. The van der Waals surface area contributed by atoms with E-state index < -0.39 is 7.12 Å². The summed E-state index contributed by atoms with van der Waals surface area (Å²) in [5.41, 5.74) is 18.6. The molecule has 0 atom stereocenters. The van der Waals surface area contributed by atoms with Gasteiger partial charge in [0.1, 0.15) is 22.3 Å². The summed E-state index contributed by atoms with van der Waals surface area (Å²) in [4.78, 5) is 27.6. The third kappa shape index (κ3) is 9.67. The molecule has 1 fully saturated rings. The number of hydrogen-bond donors (Lipinski definition) is 0. The molecule has 0 spiro atoms. The Morgan fingerprint density at radius 3 is 1.11 bits per heavy atom. The van der Waals surface area contributed by atoms with Crippen LogP contribution in [0, 0.1) is 0 Å². The van der Waals surface area contributed by atoms with E-state index in [0.717, 1.165) is 77.2 Å². The van der Waals surface area contributed by atoms with E-state index in [1.165, 1.54) is 44.5 Å².